The molecule has 21 heavy (non-hydrogen) atoms. The topological polar surface area (TPSA) is 88.5 Å². The van der Waals surface area contributed by atoms with Crippen LogP contribution in [0.15, 0.2) is 42.6 Å². The Labute approximate surface area is 121 Å². The first kappa shape index (κ1) is 14.7. The third-order valence-electron chi connectivity index (χ3n) is 2.80. The number of pyridine rings is 1. The number of nitrogens with zero attached hydrogens (tertiary/aromatic N) is 1. The number of methoxy groups -OCH3 is 1. The molecule has 0 aliphatic heterocycles. The molecular formula is C15H14N2O4. The van der Waals surface area contributed by atoms with Crippen LogP contribution in [0.1, 0.15) is 26.3 Å². The standard InChI is InChI=1S/C15H14N2O4/c1-21-9-10-4-6-11(7-5-10)14(18)17-13-12(15(19)20)3-2-8-16-13/h2-8H,9H2,1H3,(H,19,20)(H,16,17,18). The zero-order chi connectivity index (χ0) is 15.2. The molecule has 0 bridgehead atoms. The first-order chi connectivity index (χ1) is 10.1. The van der Waals surface area contributed by atoms with E-state index in [1.54, 1.807) is 31.4 Å². The van der Waals surface area contributed by atoms with Gasteiger partial charge in [0.25, 0.3) is 5.91 Å². The van der Waals surface area contributed by atoms with Gasteiger partial charge >= 0.3 is 5.97 Å². The van der Waals surface area contributed by atoms with Crippen LogP contribution in [-0.2, 0) is 11.3 Å². The molecule has 6 heteroatoms. The summed E-state index contributed by atoms with van der Waals surface area (Å²) in [6, 6.07) is 9.72. The minimum absolute atomic E-state index is 0.0240. The third kappa shape index (κ3) is 3.64. The van der Waals surface area contributed by atoms with Crippen LogP contribution < -0.4 is 5.32 Å². The van der Waals surface area contributed by atoms with E-state index in [0.717, 1.165) is 5.56 Å². The van der Waals surface area contributed by atoms with Gasteiger partial charge in [-0.05, 0) is 29.8 Å². The smallest absolute Gasteiger partial charge is 0.339 e. The number of carbonyl (C=O) groups is 2. The Bertz CT molecular complexity index is 653. The third-order valence-corrected chi connectivity index (χ3v) is 2.80. The lowest BCUT2D eigenvalue weighted by atomic mass is 10.1. The molecular weight excluding hydrogens is 272 g/mol. The summed E-state index contributed by atoms with van der Waals surface area (Å²) in [7, 11) is 1.59. The highest BCUT2D eigenvalue weighted by Gasteiger charge is 2.14. The van der Waals surface area contributed by atoms with Crippen LogP contribution in [0.5, 0.6) is 0 Å². The van der Waals surface area contributed by atoms with Crippen molar-refractivity contribution in [3.05, 3.63) is 59.3 Å². The maximum Gasteiger partial charge on any atom is 0.339 e. The molecule has 0 fully saturated rings. The van der Waals surface area contributed by atoms with Gasteiger partial charge in [-0.3, -0.25) is 4.79 Å². The van der Waals surface area contributed by atoms with E-state index in [9.17, 15) is 9.59 Å². The second-order valence-electron chi connectivity index (χ2n) is 4.29. The van der Waals surface area contributed by atoms with Crippen molar-refractivity contribution in [1.29, 1.82) is 0 Å². The first-order valence-corrected chi connectivity index (χ1v) is 6.19. The van der Waals surface area contributed by atoms with Gasteiger partial charge in [0.05, 0.1) is 6.61 Å². The Kier molecular flexibility index (Phi) is 4.63. The van der Waals surface area contributed by atoms with Crippen LogP contribution in [0.3, 0.4) is 0 Å². The number of carboxylic acids is 1. The number of ether oxygens (including phenoxy) is 1. The van der Waals surface area contributed by atoms with Crippen molar-refractivity contribution in [2.45, 2.75) is 6.61 Å². The van der Waals surface area contributed by atoms with E-state index in [1.165, 1.54) is 18.3 Å². The van der Waals surface area contributed by atoms with Crippen molar-refractivity contribution in [2.24, 2.45) is 0 Å². The second-order valence-corrected chi connectivity index (χ2v) is 4.29. The fourth-order valence-corrected chi connectivity index (χ4v) is 1.78. The average molecular weight is 286 g/mol. The number of carboxylic acid groups (broad SMARTS) is 1. The number of carbonyl (C=O) groups excluding carboxylic acids is 1. The van der Waals surface area contributed by atoms with Crippen molar-refractivity contribution in [1.82, 2.24) is 4.98 Å². The van der Waals surface area contributed by atoms with Gasteiger partial charge in [0, 0.05) is 18.9 Å². The SMILES string of the molecule is COCc1ccc(C(=O)Nc2ncccc2C(=O)O)cc1. The highest BCUT2D eigenvalue weighted by Crippen LogP contribution is 2.13. The molecule has 1 amide bonds. The molecule has 2 aromatic rings. The molecule has 108 valence electrons. The molecule has 0 radical (unpaired) electrons. The van der Waals surface area contributed by atoms with Crippen molar-refractivity contribution < 1.29 is 19.4 Å². The first-order valence-electron chi connectivity index (χ1n) is 6.19. The van der Waals surface area contributed by atoms with Crippen LogP contribution in [0, 0.1) is 0 Å². The largest absolute Gasteiger partial charge is 0.478 e. The van der Waals surface area contributed by atoms with Crippen LogP contribution in [0.2, 0.25) is 0 Å². The summed E-state index contributed by atoms with van der Waals surface area (Å²) < 4.78 is 4.99. The van der Waals surface area contributed by atoms with Gasteiger partial charge in [-0.1, -0.05) is 12.1 Å². The van der Waals surface area contributed by atoms with E-state index < -0.39 is 11.9 Å². The van der Waals surface area contributed by atoms with Gasteiger partial charge in [-0.2, -0.15) is 0 Å². The Hall–Kier alpha value is -2.73. The molecule has 0 aliphatic carbocycles. The quantitative estimate of drug-likeness (QED) is 0.879. The lowest BCUT2D eigenvalue weighted by Crippen LogP contribution is -2.16. The van der Waals surface area contributed by atoms with Gasteiger partial charge in [0.1, 0.15) is 11.4 Å². The number of hydrogen-bond donors (Lipinski definition) is 2. The molecule has 0 spiro atoms. The van der Waals surface area contributed by atoms with E-state index in [0.29, 0.717) is 12.2 Å². The fourth-order valence-electron chi connectivity index (χ4n) is 1.78. The van der Waals surface area contributed by atoms with Crippen LogP contribution in [-0.4, -0.2) is 29.1 Å². The van der Waals surface area contributed by atoms with Gasteiger partial charge in [0.2, 0.25) is 0 Å². The predicted molar refractivity (Wildman–Crippen MR) is 76.3 cm³/mol. The predicted octanol–water partition coefficient (Wildman–Crippen LogP) is 2.18. The lowest BCUT2D eigenvalue weighted by Gasteiger charge is -2.07. The summed E-state index contributed by atoms with van der Waals surface area (Å²) in [5.41, 5.74) is 1.30. The van der Waals surface area contributed by atoms with E-state index in [-0.39, 0.29) is 11.4 Å². The normalized spacial score (nSPS) is 10.1. The number of rotatable bonds is 5. The van der Waals surface area contributed by atoms with E-state index in [2.05, 4.69) is 10.3 Å². The minimum atomic E-state index is -1.14. The van der Waals surface area contributed by atoms with Gasteiger partial charge < -0.3 is 15.2 Å². The summed E-state index contributed by atoms with van der Waals surface area (Å²) in [6.45, 7) is 0.464. The number of nitrogens with one attached hydrogen (secondary N) is 1. The lowest BCUT2D eigenvalue weighted by molar-refractivity contribution is 0.0697. The molecule has 1 heterocycles. The Morgan fingerprint density at radius 2 is 1.95 bits per heavy atom. The molecule has 1 aromatic heterocycles. The van der Waals surface area contributed by atoms with Crippen molar-refractivity contribution >= 4 is 17.7 Å². The Balaban J connectivity index is 2.16. The maximum absolute atomic E-state index is 12.1. The number of aromatic nitrogens is 1. The number of anilines is 1. The van der Waals surface area contributed by atoms with E-state index in [4.69, 9.17) is 9.84 Å². The monoisotopic (exact) mass is 286 g/mol. The molecule has 2 rings (SSSR count). The van der Waals surface area contributed by atoms with Gasteiger partial charge in [0.15, 0.2) is 0 Å². The second kappa shape index (κ2) is 6.62. The minimum Gasteiger partial charge on any atom is -0.478 e. The summed E-state index contributed by atoms with van der Waals surface area (Å²) in [4.78, 5) is 27.0. The highest BCUT2D eigenvalue weighted by molar-refractivity contribution is 6.06. The van der Waals surface area contributed by atoms with Crippen LogP contribution in [0.25, 0.3) is 0 Å². The Morgan fingerprint density at radius 1 is 1.24 bits per heavy atom. The molecule has 1 aromatic carbocycles. The number of amides is 1. The molecule has 6 nitrogen and oxygen atoms in total. The molecule has 2 N–H and O–H groups in total. The van der Waals surface area contributed by atoms with Crippen molar-refractivity contribution in [3.8, 4) is 0 Å². The van der Waals surface area contributed by atoms with Crippen molar-refractivity contribution in [2.75, 3.05) is 12.4 Å². The zero-order valence-corrected chi connectivity index (χ0v) is 11.4. The van der Waals surface area contributed by atoms with E-state index >= 15 is 0 Å². The number of hydrogen-bond acceptors (Lipinski definition) is 4. The molecule has 0 aliphatic rings. The van der Waals surface area contributed by atoms with Crippen LogP contribution in [0.4, 0.5) is 5.82 Å². The highest BCUT2D eigenvalue weighted by atomic mass is 16.5. The summed E-state index contributed by atoms with van der Waals surface area (Å²) >= 11 is 0. The maximum atomic E-state index is 12.1. The molecule has 0 saturated heterocycles. The number of benzene rings is 1. The fraction of sp³-hybridized carbons (Fsp3) is 0.133. The van der Waals surface area contributed by atoms with Gasteiger partial charge in [-0.15, -0.1) is 0 Å². The van der Waals surface area contributed by atoms with Crippen molar-refractivity contribution in [3.63, 3.8) is 0 Å². The summed E-state index contributed by atoms with van der Waals surface area (Å²) in [5.74, 6) is -1.54. The molecule has 0 atom stereocenters. The van der Waals surface area contributed by atoms with Crippen LogP contribution >= 0.6 is 0 Å². The molecule has 0 unspecified atom stereocenters. The van der Waals surface area contributed by atoms with Gasteiger partial charge in [-0.25, -0.2) is 9.78 Å². The average Bonchev–Trinajstić information content (AvgIpc) is 2.48. The number of aromatic carboxylic acids is 1. The Morgan fingerprint density at radius 3 is 2.57 bits per heavy atom. The zero-order valence-electron chi connectivity index (χ0n) is 11.4. The summed E-state index contributed by atoms with van der Waals surface area (Å²) in [5, 5.41) is 11.5. The molecule has 0 saturated carbocycles. The van der Waals surface area contributed by atoms with E-state index in [1.807, 2.05) is 0 Å². The summed E-state index contributed by atoms with van der Waals surface area (Å²) in [6.07, 6.45) is 1.42.